The Kier molecular flexibility index (Phi) is 2.53. The van der Waals surface area contributed by atoms with Crippen molar-refractivity contribution in [1.29, 1.82) is 0 Å². The van der Waals surface area contributed by atoms with Gasteiger partial charge in [0.1, 0.15) is 0 Å². The molecule has 0 amide bonds. The summed E-state index contributed by atoms with van der Waals surface area (Å²) >= 11 is 0. The monoisotopic (exact) mass is 166 g/mol. The summed E-state index contributed by atoms with van der Waals surface area (Å²) in [6.07, 6.45) is 0. The Morgan fingerprint density at radius 2 is 2.33 bits per heavy atom. The molecule has 1 aromatic rings. The van der Waals surface area contributed by atoms with Crippen LogP contribution in [0.4, 0.5) is 11.4 Å². The smallest absolute Gasteiger partial charge is 0.298 e. The number of nitrogen functional groups attached to an aromatic ring is 1. The topological polar surface area (TPSA) is 64.3 Å². The fourth-order valence-corrected chi connectivity index (χ4v) is 0.895. The van der Waals surface area contributed by atoms with Crippen LogP contribution in [0.3, 0.4) is 0 Å². The van der Waals surface area contributed by atoms with Gasteiger partial charge in [0, 0.05) is 18.8 Å². The summed E-state index contributed by atoms with van der Waals surface area (Å²) < 4.78 is 4.69. The molecule has 0 aromatic heterocycles. The molecule has 0 fully saturated rings. The molecule has 0 aliphatic carbocycles. The molecule has 1 aromatic carbocycles. The number of hydrogen-bond donors (Lipinski definition) is 2. The molecular weight excluding hydrogens is 156 g/mol. The lowest BCUT2D eigenvalue weighted by Crippen LogP contribution is -1.97. The first-order valence-corrected chi connectivity index (χ1v) is 3.45. The third-order valence-electron chi connectivity index (χ3n) is 1.45. The van der Waals surface area contributed by atoms with Crippen LogP contribution in [-0.4, -0.2) is 13.5 Å². The van der Waals surface area contributed by atoms with Crippen LogP contribution < -0.4 is 15.8 Å². The van der Waals surface area contributed by atoms with Gasteiger partial charge in [-0.25, -0.2) is 0 Å². The van der Waals surface area contributed by atoms with E-state index in [1.54, 1.807) is 25.2 Å². The number of nitrogens with one attached hydrogen (secondary N) is 1. The summed E-state index contributed by atoms with van der Waals surface area (Å²) in [4.78, 5) is 10.1. The second kappa shape index (κ2) is 3.61. The van der Waals surface area contributed by atoms with Crippen LogP contribution in [-0.2, 0) is 4.79 Å². The molecule has 0 heterocycles. The molecule has 0 bridgehead atoms. The SMILES string of the molecule is CNc1ccc(N)cc1OC=O. The van der Waals surface area contributed by atoms with Gasteiger partial charge in [0.05, 0.1) is 5.69 Å². The number of ether oxygens (including phenoxy) is 1. The van der Waals surface area contributed by atoms with Gasteiger partial charge < -0.3 is 15.8 Å². The summed E-state index contributed by atoms with van der Waals surface area (Å²) in [6.45, 7) is 0.371. The molecule has 0 aliphatic heterocycles. The van der Waals surface area contributed by atoms with E-state index in [9.17, 15) is 4.79 Å². The average molecular weight is 166 g/mol. The summed E-state index contributed by atoms with van der Waals surface area (Å²) in [5.74, 6) is 0.438. The fourth-order valence-electron chi connectivity index (χ4n) is 0.895. The molecule has 64 valence electrons. The molecule has 3 N–H and O–H groups in total. The predicted molar refractivity (Wildman–Crippen MR) is 47.1 cm³/mol. The minimum atomic E-state index is 0.371. The average Bonchev–Trinajstić information content (AvgIpc) is 2.05. The molecule has 0 atom stereocenters. The van der Waals surface area contributed by atoms with E-state index in [0.717, 1.165) is 5.69 Å². The maximum atomic E-state index is 10.1. The van der Waals surface area contributed by atoms with Gasteiger partial charge in [-0.15, -0.1) is 0 Å². The third kappa shape index (κ3) is 1.66. The van der Waals surface area contributed by atoms with Crippen LogP contribution >= 0.6 is 0 Å². The van der Waals surface area contributed by atoms with Gasteiger partial charge in [-0.1, -0.05) is 0 Å². The summed E-state index contributed by atoms with van der Waals surface area (Å²) in [7, 11) is 1.74. The van der Waals surface area contributed by atoms with Crippen LogP contribution in [0.1, 0.15) is 0 Å². The van der Waals surface area contributed by atoms with Crippen LogP contribution in [0.25, 0.3) is 0 Å². The summed E-state index contributed by atoms with van der Waals surface area (Å²) in [5.41, 5.74) is 6.78. The number of carbonyl (C=O) groups is 1. The second-order valence-electron chi connectivity index (χ2n) is 2.22. The van der Waals surface area contributed by atoms with Crippen molar-refractivity contribution in [2.45, 2.75) is 0 Å². The van der Waals surface area contributed by atoms with Crippen LogP contribution in [0.15, 0.2) is 18.2 Å². The van der Waals surface area contributed by atoms with E-state index in [-0.39, 0.29) is 0 Å². The summed E-state index contributed by atoms with van der Waals surface area (Å²) in [6, 6.07) is 5.05. The molecular formula is C8H10N2O2. The normalized spacial score (nSPS) is 9.08. The first kappa shape index (κ1) is 8.39. The molecule has 1 rings (SSSR count). The van der Waals surface area contributed by atoms with Crippen molar-refractivity contribution < 1.29 is 9.53 Å². The molecule has 0 radical (unpaired) electrons. The van der Waals surface area contributed by atoms with Crippen molar-refractivity contribution in [2.75, 3.05) is 18.1 Å². The minimum absolute atomic E-state index is 0.371. The lowest BCUT2D eigenvalue weighted by molar-refractivity contribution is -0.120. The van der Waals surface area contributed by atoms with Crippen LogP contribution in [0.2, 0.25) is 0 Å². The van der Waals surface area contributed by atoms with E-state index in [4.69, 9.17) is 5.73 Å². The highest BCUT2D eigenvalue weighted by Gasteiger charge is 2.00. The zero-order valence-corrected chi connectivity index (χ0v) is 6.70. The highest BCUT2D eigenvalue weighted by molar-refractivity contribution is 5.65. The standard InChI is InChI=1S/C8H10N2O2/c1-10-7-3-2-6(9)4-8(7)12-5-11/h2-5,10H,9H2,1H3. The molecule has 0 saturated heterocycles. The number of benzene rings is 1. The van der Waals surface area contributed by atoms with Crippen molar-refractivity contribution in [2.24, 2.45) is 0 Å². The number of rotatable bonds is 3. The van der Waals surface area contributed by atoms with Crippen molar-refractivity contribution in [3.05, 3.63) is 18.2 Å². The lowest BCUT2D eigenvalue weighted by atomic mass is 10.2. The molecule has 0 unspecified atom stereocenters. The van der Waals surface area contributed by atoms with Crippen LogP contribution in [0, 0.1) is 0 Å². The number of carbonyl (C=O) groups excluding carboxylic acids is 1. The Morgan fingerprint density at radius 1 is 1.58 bits per heavy atom. The van der Waals surface area contributed by atoms with Gasteiger partial charge >= 0.3 is 0 Å². The highest BCUT2D eigenvalue weighted by Crippen LogP contribution is 2.25. The van der Waals surface area contributed by atoms with E-state index in [0.29, 0.717) is 17.9 Å². The Bertz CT molecular complexity index is 286. The molecule has 4 nitrogen and oxygen atoms in total. The Balaban J connectivity index is 3.03. The van der Waals surface area contributed by atoms with Crippen molar-refractivity contribution in [1.82, 2.24) is 0 Å². The third-order valence-corrected chi connectivity index (χ3v) is 1.45. The number of anilines is 2. The maximum absolute atomic E-state index is 10.1. The molecule has 12 heavy (non-hydrogen) atoms. The van der Waals surface area contributed by atoms with Crippen molar-refractivity contribution in [3.8, 4) is 5.75 Å². The largest absolute Gasteiger partial charge is 0.426 e. The zero-order valence-electron chi connectivity index (χ0n) is 6.70. The molecule has 0 aliphatic rings. The van der Waals surface area contributed by atoms with E-state index in [2.05, 4.69) is 10.1 Å². The van der Waals surface area contributed by atoms with E-state index in [1.807, 2.05) is 0 Å². The summed E-state index contributed by atoms with van der Waals surface area (Å²) in [5, 5.41) is 2.87. The first-order valence-electron chi connectivity index (χ1n) is 3.45. The molecule has 0 saturated carbocycles. The Labute approximate surface area is 70.3 Å². The fraction of sp³-hybridized carbons (Fsp3) is 0.125. The van der Waals surface area contributed by atoms with Crippen molar-refractivity contribution in [3.63, 3.8) is 0 Å². The quantitative estimate of drug-likeness (QED) is 0.516. The Morgan fingerprint density at radius 3 is 2.92 bits per heavy atom. The van der Waals surface area contributed by atoms with Gasteiger partial charge in [-0.05, 0) is 12.1 Å². The highest BCUT2D eigenvalue weighted by atomic mass is 16.5. The van der Waals surface area contributed by atoms with Gasteiger partial charge in [0.15, 0.2) is 5.75 Å². The molecule has 0 spiro atoms. The molecule has 4 heteroatoms. The van der Waals surface area contributed by atoms with Gasteiger partial charge in [-0.3, -0.25) is 4.79 Å². The lowest BCUT2D eigenvalue weighted by Gasteiger charge is -2.06. The first-order chi connectivity index (χ1) is 5.77. The van der Waals surface area contributed by atoms with Crippen LogP contribution in [0.5, 0.6) is 5.75 Å². The number of hydrogen-bond acceptors (Lipinski definition) is 4. The van der Waals surface area contributed by atoms with E-state index < -0.39 is 0 Å². The van der Waals surface area contributed by atoms with Gasteiger partial charge in [-0.2, -0.15) is 0 Å². The van der Waals surface area contributed by atoms with E-state index >= 15 is 0 Å². The Hall–Kier alpha value is -1.71. The second-order valence-corrected chi connectivity index (χ2v) is 2.22. The van der Waals surface area contributed by atoms with Gasteiger partial charge in [0.25, 0.3) is 6.47 Å². The van der Waals surface area contributed by atoms with Crippen molar-refractivity contribution >= 4 is 17.8 Å². The zero-order chi connectivity index (χ0) is 8.97. The maximum Gasteiger partial charge on any atom is 0.298 e. The minimum Gasteiger partial charge on any atom is -0.426 e. The van der Waals surface area contributed by atoms with E-state index in [1.165, 1.54) is 0 Å². The number of nitrogens with two attached hydrogens (primary N) is 1. The van der Waals surface area contributed by atoms with Gasteiger partial charge in [0.2, 0.25) is 0 Å². The predicted octanol–water partition coefficient (Wildman–Crippen LogP) is 0.846.